The molecule has 2 rings (SSSR count). The van der Waals surface area contributed by atoms with Crippen LogP contribution in [0, 0.1) is 0 Å². The summed E-state index contributed by atoms with van der Waals surface area (Å²) in [6, 6.07) is 8.29. The molecule has 1 heterocycles. The summed E-state index contributed by atoms with van der Waals surface area (Å²) in [5.74, 6) is 1.08. The molecule has 0 saturated heterocycles. The van der Waals surface area contributed by atoms with Crippen molar-refractivity contribution in [2.75, 3.05) is 11.5 Å². The Morgan fingerprint density at radius 1 is 1.38 bits per heavy atom. The number of anilines is 1. The summed E-state index contributed by atoms with van der Waals surface area (Å²) in [6.07, 6.45) is 0. The predicted molar refractivity (Wildman–Crippen MR) is 62.6 cm³/mol. The first kappa shape index (κ1) is 8.91. The van der Waals surface area contributed by atoms with Crippen molar-refractivity contribution < 1.29 is 0 Å². The summed E-state index contributed by atoms with van der Waals surface area (Å²) < 4.78 is 2.54. The minimum absolute atomic E-state index is 0.951. The second kappa shape index (κ2) is 3.60. The zero-order chi connectivity index (χ0) is 9.26. The highest BCUT2D eigenvalue weighted by molar-refractivity contribution is 8.01. The van der Waals surface area contributed by atoms with Crippen LogP contribution in [0.3, 0.4) is 0 Å². The van der Waals surface area contributed by atoms with Crippen molar-refractivity contribution in [1.82, 2.24) is 0 Å². The Morgan fingerprint density at radius 3 is 2.85 bits per heavy atom. The maximum absolute atomic E-state index is 6.01. The van der Waals surface area contributed by atoms with Crippen LogP contribution in [0.1, 0.15) is 6.92 Å². The molecule has 0 bridgehead atoms. The Kier molecular flexibility index (Phi) is 2.47. The van der Waals surface area contributed by atoms with Gasteiger partial charge in [-0.2, -0.15) is 0 Å². The van der Waals surface area contributed by atoms with Gasteiger partial charge in [-0.05, 0) is 11.8 Å². The van der Waals surface area contributed by atoms with E-state index >= 15 is 0 Å². The summed E-state index contributed by atoms with van der Waals surface area (Å²) in [5.41, 5.74) is 6.97. The normalized spacial score (nSPS) is 10.8. The molecule has 1 nitrogen and oxygen atoms in total. The van der Waals surface area contributed by atoms with E-state index in [1.165, 1.54) is 14.3 Å². The lowest BCUT2D eigenvalue weighted by molar-refractivity contribution is 1.51. The molecule has 3 heteroatoms. The van der Waals surface area contributed by atoms with Crippen molar-refractivity contribution >= 4 is 38.9 Å². The van der Waals surface area contributed by atoms with E-state index in [1.54, 1.807) is 11.3 Å². The SMILES string of the molecule is CCSc1sc2ccccc2c1N. The van der Waals surface area contributed by atoms with Gasteiger partial charge in [0.15, 0.2) is 0 Å². The van der Waals surface area contributed by atoms with Gasteiger partial charge in [0.25, 0.3) is 0 Å². The number of nitrogen functional groups attached to an aromatic ring is 1. The fourth-order valence-corrected chi connectivity index (χ4v) is 3.52. The van der Waals surface area contributed by atoms with Crippen LogP contribution in [0.25, 0.3) is 10.1 Å². The lowest BCUT2D eigenvalue weighted by Crippen LogP contribution is -1.83. The molecule has 13 heavy (non-hydrogen) atoms. The first-order chi connectivity index (χ1) is 6.33. The molecule has 68 valence electrons. The summed E-state index contributed by atoms with van der Waals surface area (Å²) in [4.78, 5) is 0. The zero-order valence-electron chi connectivity index (χ0n) is 7.41. The smallest absolute Gasteiger partial charge is 0.0841 e. The van der Waals surface area contributed by atoms with Crippen molar-refractivity contribution in [3.63, 3.8) is 0 Å². The molecule has 0 saturated carbocycles. The van der Waals surface area contributed by atoms with Gasteiger partial charge in [-0.3, -0.25) is 0 Å². The average Bonchev–Trinajstić information content (AvgIpc) is 2.46. The van der Waals surface area contributed by atoms with Crippen LogP contribution in [0.5, 0.6) is 0 Å². The van der Waals surface area contributed by atoms with E-state index in [4.69, 9.17) is 5.73 Å². The van der Waals surface area contributed by atoms with Crippen molar-refractivity contribution in [2.24, 2.45) is 0 Å². The largest absolute Gasteiger partial charge is 0.397 e. The summed E-state index contributed by atoms with van der Waals surface area (Å²) in [5, 5.41) is 1.20. The minimum atomic E-state index is 0.951. The molecule has 0 unspecified atom stereocenters. The molecular formula is C10H11NS2. The van der Waals surface area contributed by atoms with Crippen molar-refractivity contribution in [2.45, 2.75) is 11.1 Å². The van der Waals surface area contributed by atoms with Gasteiger partial charge in [0.2, 0.25) is 0 Å². The van der Waals surface area contributed by atoms with Gasteiger partial charge < -0.3 is 5.73 Å². The van der Waals surface area contributed by atoms with Crippen molar-refractivity contribution in [3.8, 4) is 0 Å². The van der Waals surface area contributed by atoms with Crippen LogP contribution >= 0.6 is 23.1 Å². The number of hydrogen-bond acceptors (Lipinski definition) is 3. The van der Waals surface area contributed by atoms with Gasteiger partial charge in [0.1, 0.15) is 0 Å². The number of thioether (sulfide) groups is 1. The summed E-state index contributed by atoms with van der Waals surface area (Å²) in [6.45, 7) is 2.15. The Morgan fingerprint density at radius 2 is 2.15 bits per heavy atom. The van der Waals surface area contributed by atoms with Gasteiger partial charge in [0.05, 0.1) is 9.90 Å². The molecule has 0 aliphatic rings. The number of benzene rings is 1. The van der Waals surface area contributed by atoms with E-state index in [9.17, 15) is 0 Å². The van der Waals surface area contributed by atoms with Crippen LogP contribution in [-0.2, 0) is 0 Å². The van der Waals surface area contributed by atoms with E-state index in [2.05, 4.69) is 25.1 Å². The monoisotopic (exact) mass is 209 g/mol. The van der Waals surface area contributed by atoms with Crippen LogP contribution in [0.4, 0.5) is 5.69 Å². The van der Waals surface area contributed by atoms with Crippen molar-refractivity contribution in [3.05, 3.63) is 24.3 Å². The standard InChI is InChI=1S/C10H11NS2/c1-2-12-10-9(11)7-5-3-4-6-8(7)13-10/h3-6H,2,11H2,1H3. The van der Waals surface area contributed by atoms with E-state index in [0.717, 1.165) is 11.4 Å². The van der Waals surface area contributed by atoms with Crippen LogP contribution < -0.4 is 5.73 Å². The lowest BCUT2D eigenvalue weighted by Gasteiger charge is -1.94. The second-order valence-electron chi connectivity index (χ2n) is 2.73. The highest BCUT2D eigenvalue weighted by Gasteiger charge is 2.07. The van der Waals surface area contributed by atoms with Crippen LogP contribution in [0.15, 0.2) is 28.5 Å². The molecule has 0 atom stereocenters. The molecule has 2 aromatic rings. The van der Waals surface area contributed by atoms with Crippen molar-refractivity contribution in [1.29, 1.82) is 0 Å². The van der Waals surface area contributed by atoms with E-state index in [0.29, 0.717) is 0 Å². The fourth-order valence-electron chi connectivity index (χ4n) is 1.28. The fraction of sp³-hybridized carbons (Fsp3) is 0.200. The maximum atomic E-state index is 6.01. The first-order valence-electron chi connectivity index (χ1n) is 4.22. The Labute approximate surface area is 85.9 Å². The van der Waals surface area contributed by atoms with Gasteiger partial charge >= 0.3 is 0 Å². The van der Waals surface area contributed by atoms with Crippen LogP contribution in [-0.4, -0.2) is 5.75 Å². The topological polar surface area (TPSA) is 26.0 Å². The number of thiophene rings is 1. The zero-order valence-corrected chi connectivity index (χ0v) is 9.04. The van der Waals surface area contributed by atoms with E-state index in [1.807, 2.05) is 17.8 Å². The Balaban J connectivity index is 2.60. The van der Waals surface area contributed by atoms with Gasteiger partial charge in [-0.25, -0.2) is 0 Å². The van der Waals surface area contributed by atoms with Gasteiger partial charge in [-0.1, -0.05) is 25.1 Å². The van der Waals surface area contributed by atoms with E-state index in [-0.39, 0.29) is 0 Å². The Bertz CT molecular complexity index is 420. The Hall–Kier alpha value is -0.670. The third kappa shape index (κ3) is 1.54. The third-order valence-corrected chi connectivity index (χ3v) is 4.23. The van der Waals surface area contributed by atoms with Crippen LogP contribution in [0.2, 0.25) is 0 Å². The molecule has 0 radical (unpaired) electrons. The quantitative estimate of drug-likeness (QED) is 0.765. The number of hydrogen-bond donors (Lipinski definition) is 1. The highest BCUT2D eigenvalue weighted by Crippen LogP contribution is 2.39. The predicted octanol–water partition coefficient (Wildman–Crippen LogP) is 3.60. The molecular weight excluding hydrogens is 198 g/mol. The first-order valence-corrected chi connectivity index (χ1v) is 6.03. The summed E-state index contributed by atoms with van der Waals surface area (Å²) in [7, 11) is 0. The molecule has 0 amide bonds. The third-order valence-electron chi connectivity index (χ3n) is 1.88. The minimum Gasteiger partial charge on any atom is -0.397 e. The number of nitrogens with two attached hydrogens (primary N) is 1. The molecule has 0 fully saturated rings. The maximum Gasteiger partial charge on any atom is 0.0841 e. The number of rotatable bonds is 2. The molecule has 2 N–H and O–H groups in total. The molecule has 0 spiro atoms. The molecule has 0 aliphatic heterocycles. The molecule has 1 aromatic carbocycles. The highest BCUT2D eigenvalue weighted by atomic mass is 32.2. The molecule has 0 aliphatic carbocycles. The van der Waals surface area contributed by atoms with Gasteiger partial charge in [-0.15, -0.1) is 23.1 Å². The van der Waals surface area contributed by atoms with Gasteiger partial charge in [0, 0.05) is 10.1 Å². The lowest BCUT2D eigenvalue weighted by atomic mass is 10.2. The second-order valence-corrected chi connectivity index (χ2v) is 5.32. The summed E-state index contributed by atoms with van der Waals surface area (Å²) >= 11 is 3.61. The van der Waals surface area contributed by atoms with E-state index < -0.39 is 0 Å². The number of fused-ring (bicyclic) bond motifs is 1. The average molecular weight is 209 g/mol. The molecule has 1 aromatic heterocycles.